The molecule has 1 fully saturated rings. The molecule has 6 heteroatoms. The number of hydrogen-bond acceptors (Lipinski definition) is 4. The fourth-order valence-electron chi connectivity index (χ4n) is 2.22. The first-order chi connectivity index (χ1) is 9.15. The van der Waals surface area contributed by atoms with Crippen LogP contribution >= 0.6 is 23.6 Å². The van der Waals surface area contributed by atoms with Gasteiger partial charge in [0.1, 0.15) is 0 Å². The molecule has 1 unspecified atom stereocenters. The van der Waals surface area contributed by atoms with E-state index in [1.807, 2.05) is 6.92 Å². The Labute approximate surface area is 122 Å². The molecule has 0 bridgehead atoms. The topological polar surface area (TPSA) is 54.1 Å². The highest BCUT2D eigenvalue weighted by Gasteiger charge is 2.14. The minimum Gasteiger partial charge on any atom is -0.378 e. The first kappa shape index (κ1) is 14.7. The molecule has 106 valence electrons. The van der Waals surface area contributed by atoms with Gasteiger partial charge >= 0.3 is 0 Å². The van der Waals surface area contributed by atoms with E-state index in [9.17, 15) is 4.79 Å². The van der Waals surface area contributed by atoms with Crippen molar-refractivity contribution in [3.63, 3.8) is 0 Å². The minimum absolute atomic E-state index is 0.0594. The lowest BCUT2D eigenvalue weighted by molar-refractivity contribution is -0.120. The van der Waals surface area contributed by atoms with Crippen LogP contribution in [0, 0.1) is 10.9 Å². The van der Waals surface area contributed by atoms with Gasteiger partial charge in [0.2, 0.25) is 5.91 Å². The molecule has 0 radical (unpaired) electrons. The first-order valence-electron chi connectivity index (χ1n) is 6.72. The predicted molar refractivity (Wildman–Crippen MR) is 79.2 cm³/mol. The average Bonchev–Trinajstić information content (AvgIpc) is 2.69. The molecular weight excluding hydrogens is 280 g/mol. The molecular formula is C13H20N2O2S2. The molecule has 0 aliphatic carbocycles. The number of nitrogens with one attached hydrogen (secondary N) is 2. The van der Waals surface area contributed by atoms with Crippen molar-refractivity contribution in [2.24, 2.45) is 0 Å². The highest BCUT2D eigenvalue weighted by atomic mass is 32.1. The zero-order valence-electron chi connectivity index (χ0n) is 11.2. The number of hydrogen-bond donors (Lipinski definition) is 2. The summed E-state index contributed by atoms with van der Waals surface area (Å²) in [5, 5.41) is 2.95. The Morgan fingerprint density at radius 2 is 2.42 bits per heavy atom. The Kier molecular flexibility index (Phi) is 5.54. The van der Waals surface area contributed by atoms with Crippen LogP contribution in [0.4, 0.5) is 0 Å². The lowest BCUT2D eigenvalue weighted by Crippen LogP contribution is -2.30. The third kappa shape index (κ3) is 4.71. The van der Waals surface area contributed by atoms with Gasteiger partial charge in [-0.05, 0) is 44.8 Å². The highest BCUT2D eigenvalue weighted by molar-refractivity contribution is 7.73. The summed E-state index contributed by atoms with van der Waals surface area (Å²) >= 11 is 6.54. The smallest absolute Gasteiger partial charge is 0.225 e. The number of aryl methyl sites for hydroxylation is 1. The molecule has 2 heterocycles. The van der Waals surface area contributed by atoms with Crippen molar-refractivity contribution in [2.45, 2.75) is 45.1 Å². The van der Waals surface area contributed by atoms with Gasteiger partial charge in [0, 0.05) is 23.7 Å². The summed E-state index contributed by atoms with van der Waals surface area (Å²) in [5.41, 5.74) is 1.00. The van der Waals surface area contributed by atoms with Crippen LogP contribution < -0.4 is 5.32 Å². The third-order valence-corrected chi connectivity index (χ3v) is 4.64. The highest BCUT2D eigenvalue weighted by Crippen LogP contribution is 2.16. The molecule has 19 heavy (non-hydrogen) atoms. The van der Waals surface area contributed by atoms with E-state index in [1.165, 1.54) is 24.2 Å². The molecule has 1 aromatic heterocycles. The van der Waals surface area contributed by atoms with Crippen molar-refractivity contribution >= 4 is 29.5 Å². The average molecular weight is 300 g/mol. The van der Waals surface area contributed by atoms with E-state index in [-0.39, 0.29) is 5.91 Å². The second kappa shape index (κ2) is 7.17. The number of thiazole rings is 1. The molecule has 4 nitrogen and oxygen atoms in total. The van der Waals surface area contributed by atoms with Crippen LogP contribution in [0.15, 0.2) is 0 Å². The van der Waals surface area contributed by atoms with Crippen molar-refractivity contribution in [1.82, 2.24) is 10.3 Å². The standard InChI is InChI=1S/C13H20N2O2S2/c1-9-11(19-13(18)15-9)8-12(16)14-6-5-10-4-2-3-7-17-10/h10H,2-8H2,1H3,(H,14,16)(H,15,18). The van der Waals surface area contributed by atoms with Crippen LogP contribution in [0.1, 0.15) is 36.3 Å². The van der Waals surface area contributed by atoms with Gasteiger partial charge in [0.05, 0.1) is 12.5 Å². The summed E-state index contributed by atoms with van der Waals surface area (Å²) in [4.78, 5) is 15.9. The second-order valence-electron chi connectivity index (χ2n) is 4.87. The van der Waals surface area contributed by atoms with E-state index in [1.54, 1.807) is 0 Å². The summed E-state index contributed by atoms with van der Waals surface area (Å²) in [6.07, 6.45) is 5.17. The van der Waals surface area contributed by atoms with Gasteiger partial charge < -0.3 is 15.0 Å². The van der Waals surface area contributed by atoms with Crippen molar-refractivity contribution in [1.29, 1.82) is 0 Å². The maximum atomic E-state index is 11.8. The number of aromatic amines is 1. The normalized spacial score (nSPS) is 19.3. The second-order valence-corrected chi connectivity index (χ2v) is 6.64. The first-order valence-corrected chi connectivity index (χ1v) is 7.94. The van der Waals surface area contributed by atoms with E-state index in [2.05, 4.69) is 10.3 Å². The zero-order chi connectivity index (χ0) is 13.7. The van der Waals surface area contributed by atoms with E-state index in [0.29, 0.717) is 19.1 Å². The van der Waals surface area contributed by atoms with E-state index in [0.717, 1.165) is 34.0 Å². The number of carbonyl (C=O) groups excluding carboxylic acids is 1. The van der Waals surface area contributed by atoms with Gasteiger partial charge in [-0.3, -0.25) is 4.79 Å². The van der Waals surface area contributed by atoms with Crippen LogP contribution in [-0.4, -0.2) is 30.1 Å². The Balaban J connectivity index is 1.69. The molecule has 1 saturated heterocycles. The molecule has 1 aliphatic rings. The largest absolute Gasteiger partial charge is 0.378 e. The SMILES string of the molecule is Cc1[nH]c(=S)sc1CC(=O)NCCC1CCCCO1. The van der Waals surface area contributed by atoms with E-state index >= 15 is 0 Å². The number of rotatable bonds is 5. The van der Waals surface area contributed by atoms with Crippen molar-refractivity contribution in [2.75, 3.05) is 13.2 Å². The molecule has 1 aliphatic heterocycles. The number of aromatic nitrogens is 1. The Bertz CT molecular complexity index is 475. The third-order valence-electron chi connectivity index (χ3n) is 3.31. The van der Waals surface area contributed by atoms with Crippen LogP contribution in [-0.2, 0) is 16.0 Å². The summed E-state index contributed by atoms with van der Waals surface area (Å²) in [5.74, 6) is 0.0594. The maximum absolute atomic E-state index is 11.8. The van der Waals surface area contributed by atoms with Crippen molar-refractivity contribution in [3.05, 3.63) is 14.5 Å². The molecule has 0 saturated carbocycles. The van der Waals surface area contributed by atoms with Gasteiger partial charge in [0.25, 0.3) is 0 Å². The monoisotopic (exact) mass is 300 g/mol. The fraction of sp³-hybridized carbons (Fsp3) is 0.692. The van der Waals surface area contributed by atoms with E-state index in [4.69, 9.17) is 17.0 Å². The van der Waals surface area contributed by atoms with Crippen LogP contribution in [0.2, 0.25) is 0 Å². The summed E-state index contributed by atoms with van der Waals surface area (Å²) < 4.78 is 6.36. The maximum Gasteiger partial charge on any atom is 0.225 e. The van der Waals surface area contributed by atoms with E-state index < -0.39 is 0 Å². The Hall–Kier alpha value is -0.720. The molecule has 1 amide bonds. The van der Waals surface area contributed by atoms with Crippen LogP contribution in [0.5, 0.6) is 0 Å². The zero-order valence-corrected chi connectivity index (χ0v) is 12.8. The molecule has 2 N–H and O–H groups in total. The molecule has 2 rings (SSSR count). The number of amides is 1. The number of ether oxygens (including phenoxy) is 1. The summed E-state index contributed by atoms with van der Waals surface area (Å²) in [6.45, 7) is 3.51. The van der Waals surface area contributed by atoms with Gasteiger partial charge in [0.15, 0.2) is 3.95 Å². The fourth-order valence-corrected chi connectivity index (χ4v) is 3.51. The lowest BCUT2D eigenvalue weighted by atomic mass is 10.1. The van der Waals surface area contributed by atoms with Crippen LogP contribution in [0.3, 0.4) is 0 Å². The summed E-state index contributed by atoms with van der Waals surface area (Å²) in [7, 11) is 0. The molecule has 0 aromatic carbocycles. The van der Waals surface area contributed by atoms with Crippen molar-refractivity contribution < 1.29 is 9.53 Å². The lowest BCUT2D eigenvalue weighted by Gasteiger charge is -2.22. The van der Waals surface area contributed by atoms with Gasteiger partial charge in [-0.1, -0.05) is 0 Å². The Morgan fingerprint density at radius 3 is 3.05 bits per heavy atom. The quantitative estimate of drug-likeness (QED) is 0.822. The molecule has 0 spiro atoms. The van der Waals surface area contributed by atoms with Gasteiger partial charge in [-0.2, -0.15) is 0 Å². The minimum atomic E-state index is 0.0594. The Morgan fingerprint density at radius 1 is 1.58 bits per heavy atom. The summed E-state index contributed by atoms with van der Waals surface area (Å²) in [6, 6.07) is 0. The van der Waals surface area contributed by atoms with Crippen LogP contribution in [0.25, 0.3) is 0 Å². The number of H-pyrrole nitrogens is 1. The molecule has 1 atom stereocenters. The molecule has 1 aromatic rings. The predicted octanol–water partition coefficient (Wildman–Crippen LogP) is 2.73. The van der Waals surface area contributed by atoms with Crippen molar-refractivity contribution in [3.8, 4) is 0 Å². The van der Waals surface area contributed by atoms with Gasteiger partial charge in [-0.15, -0.1) is 11.3 Å². The van der Waals surface area contributed by atoms with Gasteiger partial charge in [-0.25, -0.2) is 0 Å². The number of carbonyl (C=O) groups is 1.